The van der Waals surface area contributed by atoms with Gasteiger partial charge in [-0.3, -0.25) is 4.79 Å². The number of hydrogen-bond acceptors (Lipinski definition) is 2. The van der Waals surface area contributed by atoms with E-state index in [0.29, 0.717) is 0 Å². The molecule has 0 rings (SSSR count). The molecule has 0 saturated heterocycles. The average Bonchev–Trinajstić information content (AvgIpc) is 1.82. The molecular weight excluding hydrogens is 158 g/mol. The van der Waals surface area contributed by atoms with Crippen molar-refractivity contribution < 1.29 is 13.6 Å². The van der Waals surface area contributed by atoms with Gasteiger partial charge in [-0.15, -0.1) is 11.8 Å². The largest absolute Gasteiger partial charge is 0.299 e. The lowest BCUT2D eigenvalue weighted by molar-refractivity contribution is -0.116. The molecule has 0 spiro atoms. The molecule has 0 bridgehead atoms. The molecular formula is C6H10F2OS. The number of ketones is 1. The third-order valence-corrected chi connectivity index (χ3v) is 2.32. The Balaban J connectivity index is 3.40. The summed E-state index contributed by atoms with van der Waals surface area (Å²) in [6, 6.07) is 0. The van der Waals surface area contributed by atoms with Crippen molar-refractivity contribution in [2.45, 2.75) is 25.5 Å². The third-order valence-electron chi connectivity index (χ3n) is 1.04. The SMILES string of the molecule is CC(=O)C(C)SCC(F)F. The Kier molecular flexibility index (Phi) is 4.60. The number of hydrogen-bond donors (Lipinski definition) is 0. The summed E-state index contributed by atoms with van der Waals surface area (Å²) in [5.74, 6) is -0.300. The number of carbonyl (C=O) groups excluding carboxylic acids is 1. The molecule has 0 aromatic heterocycles. The van der Waals surface area contributed by atoms with Gasteiger partial charge in [-0.05, 0) is 13.8 Å². The summed E-state index contributed by atoms with van der Waals surface area (Å²) < 4.78 is 23.1. The van der Waals surface area contributed by atoms with Gasteiger partial charge in [-0.1, -0.05) is 0 Å². The molecule has 0 radical (unpaired) electrons. The van der Waals surface area contributed by atoms with Crippen molar-refractivity contribution in [3.05, 3.63) is 0 Å². The fourth-order valence-electron chi connectivity index (χ4n) is 0.334. The van der Waals surface area contributed by atoms with E-state index in [2.05, 4.69) is 0 Å². The van der Waals surface area contributed by atoms with E-state index in [0.717, 1.165) is 11.8 Å². The average molecular weight is 168 g/mol. The van der Waals surface area contributed by atoms with Gasteiger partial charge in [-0.25, -0.2) is 8.78 Å². The Bertz CT molecular complexity index is 116. The van der Waals surface area contributed by atoms with Gasteiger partial charge in [0.15, 0.2) is 0 Å². The number of carbonyl (C=O) groups is 1. The summed E-state index contributed by atoms with van der Waals surface area (Å²) in [7, 11) is 0. The van der Waals surface area contributed by atoms with Gasteiger partial charge >= 0.3 is 0 Å². The fraction of sp³-hybridized carbons (Fsp3) is 0.833. The molecule has 0 aromatic carbocycles. The first-order chi connectivity index (χ1) is 4.54. The molecule has 0 aliphatic carbocycles. The van der Waals surface area contributed by atoms with E-state index in [1.165, 1.54) is 6.92 Å². The first-order valence-corrected chi connectivity index (χ1v) is 3.99. The molecule has 1 atom stereocenters. The van der Waals surface area contributed by atoms with Crippen LogP contribution in [0.5, 0.6) is 0 Å². The van der Waals surface area contributed by atoms with Crippen LogP contribution in [0, 0.1) is 0 Å². The minimum absolute atomic E-state index is 0.0503. The molecule has 1 nitrogen and oxygen atoms in total. The molecule has 0 aromatic rings. The Labute approximate surface area is 63.2 Å². The standard InChI is InChI=1S/C6H10F2OS/c1-4(9)5(2)10-3-6(7)8/h5-6H,3H2,1-2H3. The normalized spacial score (nSPS) is 13.7. The Hall–Kier alpha value is -0.120. The Morgan fingerprint density at radius 3 is 2.40 bits per heavy atom. The van der Waals surface area contributed by atoms with Gasteiger partial charge in [0, 0.05) is 0 Å². The number of Topliss-reactive ketones (excluding diaryl/α,β-unsaturated/α-hetero) is 1. The summed E-state index contributed by atoms with van der Waals surface area (Å²) in [6.45, 7) is 3.04. The van der Waals surface area contributed by atoms with Gasteiger partial charge in [0.25, 0.3) is 0 Å². The van der Waals surface area contributed by atoms with Crippen LogP contribution in [0.3, 0.4) is 0 Å². The van der Waals surface area contributed by atoms with E-state index in [4.69, 9.17) is 0 Å². The van der Waals surface area contributed by atoms with Crippen molar-refractivity contribution in [3.63, 3.8) is 0 Å². The highest BCUT2D eigenvalue weighted by Crippen LogP contribution is 2.14. The van der Waals surface area contributed by atoms with Crippen LogP contribution in [-0.4, -0.2) is 23.2 Å². The van der Waals surface area contributed by atoms with Crippen LogP contribution in [0.4, 0.5) is 8.78 Å². The molecule has 0 aliphatic rings. The topological polar surface area (TPSA) is 17.1 Å². The molecule has 0 heterocycles. The quantitative estimate of drug-likeness (QED) is 0.638. The maximum atomic E-state index is 11.5. The predicted molar refractivity (Wildman–Crippen MR) is 38.6 cm³/mol. The van der Waals surface area contributed by atoms with E-state index in [-0.39, 0.29) is 16.8 Å². The van der Waals surface area contributed by atoms with Crippen molar-refractivity contribution in [1.82, 2.24) is 0 Å². The zero-order valence-corrected chi connectivity index (χ0v) is 6.75. The predicted octanol–water partition coefficient (Wildman–Crippen LogP) is 1.96. The molecule has 0 N–H and O–H groups in total. The van der Waals surface area contributed by atoms with Crippen molar-refractivity contribution in [3.8, 4) is 0 Å². The fourth-order valence-corrected chi connectivity index (χ4v) is 1.00. The summed E-state index contributed by atoms with van der Waals surface area (Å²) in [4.78, 5) is 10.5. The second-order valence-corrected chi connectivity index (χ2v) is 3.35. The van der Waals surface area contributed by atoms with Crippen molar-refractivity contribution >= 4 is 17.5 Å². The van der Waals surface area contributed by atoms with Crippen LogP contribution < -0.4 is 0 Å². The minimum atomic E-state index is -2.31. The van der Waals surface area contributed by atoms with Crippen LogP contribution >= 0.6 is 11.8 Å². The van der Waals surface area contributed by atoms with Crippen LogP contribution in [0.2, 0.25) is 0 Å². The Morgan fingerprint density at radius 1 is 1.60 bits per heavy atom. The zero-order chi connectivity index (χ0) is 8.15. The van der Waals surface area contributed by atoms with E-state index in [1.807, 2.05) is 0 Å². The van der Waals surface area contributed by atoms with Gasteiger partial charge < -0.3 is 0 Å². The number of alkyl halides is 2. The van der Waals surface area contributed by atoms with Crippen LogP contribution in [0.1, 0.15) is 13.8 Å². The van der Waals surface area contributed by atoms with Crippen molar-refractivity contribution in [2.75, 3.05) is 5.75 Å². The van der Waals surface area contributed by atoms with Crippen molar-refractivity contribution in [1.29, 1.82) is 0 Å². The first kappa shape index (κ1) is 9.88. The smallest absolute Gasteiger partial charge is 0.247 e. The highest BCUT2D eigenvalue weighted by molar-refractivity contribution is 8.00. The molecule has 60 valence electrons. The maximum absolute atomic E-state index is 11.5. The summed E-state index contributed by atoms with van der Waals surface area (Å²) in [5.41, 5.74) is 0. The number of rotatable bonds is 4. The minimum Gasteiger partial charge on any atom is -0.299 e. The van der Waals surface area contributed by atoms with Gasteiger partial charge in [0.1, 0.15) is 5.78 Å². The van der Waals surface area contributed by atoms with Gasteiger partial charge in [0.05, 0.1) is 11.0 Å². The molecule has 0 saturated carbocycles. The summed E-state index contributed by atoms with van der Waals surface area (Å²) in [6.07, 6.45) is -2.31. The second kappa shape index (κ2) is 4.66. The third kappa shape index (κ3) is 4.73. The molecule has 10 heavy (non-hydrogen) atoms. The van der Waals surface area contributed by atoms with Gasteiger partial charge in [-0.2, -0.15) is 0 Å². The highest BCUT2D eigenvalue weighted by Gasteiger charge is 2.10. The maximum Gasteiger partial charge on any atom is 0.247 e. The number of halogens is 2. The molecule has 0 fully saturated rings. The summed E-state index contributed by atoms with van der Waals surface area (Å²) in [5, 5.41) is -0.297. The molecule has 1 unspecified atom stereocenters. The molecule has 0 amide bonds. The van der Waals surface area contributed by atoms with Gasteiger partial charge in [0.2, 0.25) is 6.43 Å². The molecule has 4 heteroatoms. The van der Waals surface area contributed by atoms with Crippen LogP contribution in [0.25, 0.3) is 0 Å². The van der Waals surface area contributed by atoms with E-state index < -0.39 is 6.43 Å². The monoisotopic (exact) mass is 168 g/mol. The molecule has 0 aliphatic heterocycles. The zero-order valence-electron chi connectivity index (χ0n) is 5.93. The summed E-state index contributed by atoms with van der Waals surface area (Å²) >= 11 is 0.993. The van der Waals surface area contributed by atoms with E-state index >= 15 is 0 Å². The van der Waals surface area contributed by atoms with Crippen LogP contribution in [-0.2, 0) is 4.79 Å². The van der Waals surface area contributed by atoms with Crippen molar-refractivity contribution in [2.24, 2.45) is 0 Å². The second-order valence-electron chi connectivity index (χ2n) is 1.98. The van der Waals surface area contributed by atoms with E-state index in [1.54, 1.807) is 6.92 Å². The first-order valence-electron chi connectivity index (χ1n) is 2.94. The Morgan fingerprint density at radius 2 is 2.10 bits per heavy atom. The lowest BCUT2D eigenvalue weighted by atomic mass is 10.3. The number of thioether (sulfide) groups is 1. The highest BCUT2D eigenvalue weighted by atomic mass is 32.2. The lowest BCUT2D eigenvalue weighted by Crippen LogP contribution is -2.11. The van der Waals surface area contributed by atoms with Crippen LogP contribution in [0.15, 0.2) is 0 Å². The lowest BCUT2D eigenvalue weighted by Gasteiger charge is -2.04. The van der Waals surface area contributed by atoms with E-state index in [9.17, 15) is 13.6 Å².